The first-order valence-corrected chi connectivity index (χ1v) is 4.90. The Morgan fingerprint density at radius 3 is 2.53 bits per heavy atom. The van der Waals surface area contributed by atoms with Crippen LogP contribution in [0.3, 0.4) is 0 Å². The minimum Gasteiger partial charge on any atom is -0.479 e. The number of carboxylic acid groups (broad SMARTS) is 1. The molecule has 0 aromatic heterocycles. The maximum atomic E-state index is 11.3. The number of carboxylic acids is 1. The summed E-state index contributed by atoms with van der Waals surface area (Å²) in [5.41, 5.74) is 0. The first-order valence-electron chi connectivity index (χ1n) is 4.90. The highest BCUT2D eigenvalue weighted by molar-refractivity contribution is 5.75. The summed E-state index contributed by atoms with van der Waals surface area (Å²) in [4.78, 5) is 21.9. The summed E-state index contributed by atoms with van der Waals surface area (Å²) < 4.78 is 9.53. The van der Waals surface area contributed by atoms with Gasteiger partial charge >= 0.3 is 12.1 Å². The van der Waals surface area contributed by atoms with E-state index in [-0.39, 0.29) is 6.54 Å². The number of benzene rings is 1. The van der Waals surface area contributed by atoms with Gasteiger partial charge in [0.15, 0.2) is 6.10 Å². The van der Waals surface area contributed by atoms with Gasteiger partial charge in [-0.05, 0) is 12.1 Å². The van der Waals surface area contributed by atoms with Crippen LogP contribution >= 0.6 is 0 Å². The van der Waals surface area contributed by atoms with E-state index in [4.69, 9.17) is 9.84 Å². The van der Waals surface area contributed by atoms with Gasteiger partial charge in [0, 0.05) is 7.11 Å². The predicted molar refractivity (Wildman–Crippen MR) is 58.9 cm³/mol. The molecule has 1 rings (SSSR count). The molecular formula is C11H13NO5. The van der Waals surface area contributed by atoms with E-state index in [1.807, 2.05) is 0 Å². The van der Waals surface area contributed by atoms with Crippen molar-refractivity contribution in [3.63, 3.8) is 0 Å². The molecule has 0 aliphatic carbocycles. The average molecular weight is 239 g/mol. The molecule has 1 aromatic carbocycles. The summed E-state index contributed by atoms with van der Waals surface area (Å²) in [5, 5.41) is 11.0. The van der Waals surface area contributed by atoms with Crippen LogP contribution in [0.2, 0.25) is 0 Å². The van der Waals surface area contributed by atoms with E-state index in [1.54, 1.807) is 30.3 Å². The summed E-state index contributed by atoms with van der Waals surface area (Å²) in [5.74, 6) is -0.762. The van der Waals surface area contributed by atoms with Crippen LogP contribution in [0.15, 0.2) is 30.3 Å². The van der Waals surface area contributed by atoms with Gasteiger partial charge in [-0.15, -0.1) is 0 Å². The fourth-order valence-corrected chi connectivity index (χ4v) is 1.08. The number of ether oxygens (including phenoxy) is 2. The second kappa shape index (κ2) is 6.49. The Kier molecular flexibility index (Phi) is 4.96. The fraction of sp³-hybridized carbons (Fsp3) is 0.273. The number of para-hydroxylation sites is 1. The van der Waals surface area contributed by atoms with Gasteiger partial charge in [-0.2, -0.15) is 0 Å². The molecule has 0 radical (unpaired) electrons. The van der Waals surface area contributed by atoms with Crippen molar-refractivity contribution in [2.24, 2.45) is 0 Å². The van der Waals surface area contributed by atoms with Crippen LogP contribution in [0, 0.1) is 0 Å². The molecule has 0 spiro atoms. The van der Waals surface area contributed by atoms with Crippen molar-refractivity contribution in [1.29, 1.82) is 0 Å². The number of carbonyl (C=O) groups excluding carboxylic acids is 1. The van der Waals surface area contributed by atoms with E-state index in [0.29, 0.717) is 5.75 Å². The second-order valence-corrected chi connectivity index (χ2v) is 3.15. The van der Waals surface area contributed by atoms with Crippen LogP contribution in [-0.4, -0.2) is 36.9 Å². The molecule has 2 N–H and O–H groups in total. The zero-order chi connectivity index (χ0) is 12.7. The molecule has 0 aliphatic heterocycles. The molecular weight excluding hydrogens is 226 g/mol. The van der Waals surface area contributed by atoms with Gasteiger partial charge in [-0.25, -0.2) is 9.59 Å². The van der Waals surface area contributed by atoms with Crippen LogP contribution in [0.25, 0.3) is 0 Å². The smallest absolute Gasteiger partial charge is 0.412 e. The van der Waals surface area contributed by atoms with E-state index < -0.39 is 18.2 Å². The fourth-order valence-electron chi connectivity index (χ4n) is 1.08. The van der Waals surface area contributed by atoms with Crippen molar-refractivity contribution in [1.82, 2.24) is 5.32 Å². The lowest BCUT2D eigenvalue weighted by molar-refractivity contribution is -0.148. The second-order valence-electron chi connectivity index (χ2n) is 3.15. The molecule has 6 nitrogen and oxygen atoms in total. The summed E-state index contributed by atoms with van der Waals surface area (Å²) in [6.07, 6.45) is -1.81. The van der Waals surface area contributed by atoms with Crippen molar-refractivity contribution < 1.29 is 24.2 Å². The molecule has 1 amide bonds. The van der Waals surface area contributed by atoms with Crippen molar-refractivity contribution in [2.75, 3.05) is 13.7 Å². The van der Waals surface area contributed by atoms with E-state index >= 15 is 0 Å². The monoisotopic (exact) mass is 239 g/mol. The zero-order valence-corrected chi connectivity index (χ0v) is 9.25. The maximum absolute atomic E-state index is 11.3. The largest absolute Gasteiger partial charge is 0.479 e. The van der Waals surface area contributed by atoms with Crippen LogP contribution in [0.1, 0.15) is 0 Å². The first kappa shape index (κ1) is 13.0. The van der Waals surface area contributed by atoms with Gasteiger partial charge in [-0.3, -0.25) is 0 Å². The number of carbonyl (C=O) groups is 2. The lowest BCUT2D eigenvalue weighted by atomic mass is 10.3. The molecule has 0 fully saturated rings. The number of rotatable bonds is 5. The Bertz CT molecular complexity index is 379. The molecule has 0 saturated carbocycles. The Morgan fingerprint density at radius 2 is 2.00 bits per heavy atom. The van der Waals surface area contributed by atoms with Crippen LogP contribution in [0.5, 0.6) is 5.75 Å². The standard InChI is InChI=1S/C11H13NO5/c1-16-9(10(13)14)7-12-11(15)17-8-5-3-2-4-6-8/h2-6,9H,7H2,1H3,(H,12,15)(H,13,14). The topological polar surface area (TPSA) is 84.9 Å². The Morgan fingerprint density at radius 1 is 1.35 bits per heavy atom. The molecule has 1 atom stereocenters. The lowest BCUT2D eigenvalue weighted by Crippen LogP contribution is -2.39. The molecule has 6 heteroatoms. The number of nitrogens with one attached hydrogen (secondary N) is 1. The van der Waals surface area contributed by atoms with Gasteiger partial charge < -0.3 is 19.9 Å². The molecule has 0 aliphatic rings. The molecule has 0 saturated heterocycles. The summed E-state index contributed by atoms with van der Waals surface area (Å²) in [6, 6.07) is 8.46. The number of hydrogen-bond acceptors (Lipinski definition) is 4. The van der Waals surface area contributed by atoms with Crippen molar-refractivity contribution in [2.45, 2.75) is 6.10 Å². The SMILES string of the molecule is COC(CNC(=O)Oc1ccccc1)C(=O)O. The van der Waals surface area contributed by atoms with Crippen molar-refractivity contribution in [3.05, 3.63) is 30.3 Å². The third-order valence-corrected chi connectivity index (χ3v) is 1.95. The average Bonchev–Trinajstić information content (AvgIpc) is 2.30. The number of amides is 1. The molecule has 17 heavy (non-hydrogen) atoms. The highest BCUT2D eigenvalue weighted by Gasteiger charge is 2.17. The Hall–Kier alpha value is -2.08. The van der Waals surface area contributed by atoms with Crippen molar-refractivity contribution >= 4 is 12.1 Å². The number of hydrogen-bond donors (Lipinski definition) is 2. The third-order valence-electron chi connectivity index (χ3n) is 1.95. The Labute approximate surface area is 98.2 Å². The van der Waals surface area contributed by atoms with Crippen LogP contribution < -0.4 is 10.1 Å². The minimum absolute atomic E-state index is 0.155. The van der Waals surface area contributed by atoms with Crippen LogP contribution in [0.4, 0.5) is 4.79 Å². The maximum Gasteiger partial charge on any atom is 0.412 e. The molecule has 1 aromatic rings. The van der Waals surface area contributed by atoms with Crippen molar-refractivity contribution in [3.8, 4) is 5.75 Å². The van der Waals surface area contributed by atoms with Gasteiger partial charge in [0.25, 0.3) is 0 Å². The highest BCUT2D eigenvalue weighted by Crippen LogP contribution is 2.07. The lowest BCUT2D eigenvalue weighted by Gasteiger charge is -2.11. The van der Waals surface area contributed by atoms with E-state index in [0.717, 1.165) is 0 Å². The Balaban J connectivity index is 2.38. The first-order chi connectivity index (χ1) is 8.13. The zero-order valence-electron chi connectivity index (χ0n) is 9.25. The quantitative estimate of drug-likeness (QED) is 0.796. The van der Waals surface area contributed by atoms with Crippen LogP contribution in [-0.2, 0) is 9.53 Å². The summed E-state index contributed by atoms with van der Waals surface area (Å²) >= 11 is 0. The molecule has 92 valence electrons. The van der Waals surface area contributed by atoms with Gasteiger partial charge in [0.1, 0.15) is 5.75 Å². The molecule has 1 unspecified atom stereocenters. The van der Waals surface area contributed by atoms with E-state index in [9.17, 15) is 9.59 Å². The minimum atomic E-state index is -1.15. The third kappa shape index (κ3) is 4.52. The molecule has 0 bridgehead atoms. The summed E-state index contributed by atoms with van der Waals surface area (Å²) in [6.45, 7) is -0.155. The number of methoxy groups -OCH3 is 1. The normalized spacial score (nSPS) is 11.6. The highest BCUT2D eigenvalue weighted by atomic mass is 16.6. The molecule has 0 heterocycles. The predicted octanol–water partition coefficient (Wildman–Crippen LogP) is 0.875. The van der Waals surface area contributed by atoms with E-state index in [2.05, 4.69) is 10.1 Å². The van der Waals surface area contributed by atoms with Gasteiger partial charge in [0.2, 0.25) is 0 Å². The van der Waals surface area contributed by atoms with Gasteiger partial charge in [-0.1, -0.05) is 18.2 Å². The number of aliphatic carboxylic acids is 1. The van der Waals surface area contributed by atoms with E-state index in [1.165, 1.54) is 7.11 Å². The van der Waals surface area contributed by atoms with Gasteiger partial charge in [0.05, 0.1) is 6.54 Å². The summed E-state index contributed by atoms with van der Waals surface area (Å²) in [7, 11) is 1.25.